The van der Waals surface area contributed by atoms with Crippen LogP contribution < -0.4 is 5.73 Å². The van der Waals surface area contributed by atoms with E-state index < -0.39 is 3.79 Å². The Morgan fingerprint density at radius 1 is 1.29 bits per heavy atom. The fraction of sp³-hybridized carbons (Fsp3) is 0.333. The maximum atomic E-state index is 6.24. The van der Waals surface area contributed by atoms with E-state index in [0.29, 0.717) is 0 Å². The highest BCUT2D eigenvalue weighted by Crippen LogP contribution is 2.23. The Kier molecular flexibility index (Phi) is 2.60. The molecule has 0 atom stereocenters. The molecule has 0 spiro atoms. The molecule has 0 bridgehead atoms. The van der Waals surface area contributed by atoms with E-state index in [2.05, 4.69) is 0 Å². The second-order valence-corrected chi connectivity index (χ2v) is 3.03. The molecule has 0 aliphatic carbocycles. The van der Waals surface area contributed by atoms with Gasteiger partial charge in [0.2, 0.25) is 0 Å². The summed E-state index contributed by atoms with van der Waals surface area (Å²) in [4.78, 5) is 0. The van der Waals surface area contributed by atoms with Crippen LogP contribution in [-0.2, 0) is 0 Å². The Balaban J connectivity index is 3.72. The number of halogens is 3. The van der Waals surface area contributed by atoms with Crippen molar-refractivity contribution in [2.75, 3.05) is 0 Å². The number of hydrogen-bond acceptors (Lipinski definition) is 0. The third kappa shape index (κ3) is 6.23. The van der Waals surface area contributed by atoms with Crippen molar-refractivity contribution < 1.29 is 0 Å². The molecule has 0 unspecified atom stereocenters. The summed E-state index contributed by atoms with van der Waals surface area (Å²) in [7, 11) is 0. The second kappa shape index (κ2) is 2.52. The van der Waals surface area contributed by atoms with Crippen LogP contribution in [0.1, 0.15) is 0 Å². The van der Waals surface area contributed by atoms with Gasteiger partial charge in [0.15, 0.2) is 0 Å². The lowest BCUT2D eigenvalue weighted by Gasteiger charge is -1.94. The average molecular weight is 157 g/mol. The number of nitrogens with one attached hydrogen (secondary N) is 1. The van der Waals surface area contributed by atoms with Gasteiger partial charge in [0.1, 0.15) is 0 Å². The Hall–Kier alpha value is 0.230. The normalized spacial score (nSPS) is 9.57. The average Bonchev–Trinajstić information content (AvgIpc) is 1.30. The molecule has 0 heterocycles. The van der Waals surface area contributed by atoms with Gasteiger partial charge in [-0.05, 0) is 5.92 Å². The lowest BCUT2D eigenvalue weighted by molar-refractivity contribution is 1.52. The van der Waals surface area contributed by atoms with E-state index in [9.17, 15) is 0 Å². The van der Waals surface area contributed by atoms with E-state index in [-0.39, 0.29) is 0 Å². The summed E-state index contributed by atoms with van der Waals surface area (Å²) in [6.07, 6.45) is 0. The molecule has 0 aromatic rings. The van der Waals surface area contributed by atoms with Crippen LogP contribution in [0.3, 0.4) is 0 Å². The Morgan fingerprint density at radius 2 is 1.71 bits per heavy atom. The lowest BCUT2D eigenvalue weighted by atomic mass is 10.8. The van der Waals surface area contributed by atoms with Crippen molar-refractivity contribution in [1.82, 2.24) is 5.73 Å². The Morgan fingerprint density at radius 3 is 1.71 bits per heavy atom. The molecule has 0 fully saturated rings. The maximum Gasteiger partial charge on any atom is 0.254 e. The summed E-state index contributed by atoms with van der Waals surface area (Å²) >= 11 is 15.2. The van der Waals surface area contributed by atoms with E-state index in [4.69, 9.17) is 40.5 Å². The minimum Gasteiger partial charge on any atom is -0.251 e. The van der Waals surface area contributed by atoms with Crippen LogP contribution in [0.15, 0.2) is 0 Å². The van der Waals surface area contributed by atoms with E-state index in [1.165, 1.54) is 0 Å². The quantitative estimate of drug-likeness (QED) is 0.377. The van der Waals surface area contributed by atoms with Gasteiger partial charge in [-0.2, -0.15) is 0 Å². The number of hydrogen-bond donors (Lipinski definition) is 0. The predicted molar refractivity (Wildman–Crippen MR) is 31.2 cm³/mol. The Labute approximate surface area is 56.7 Å². The third-order valence-electron chi connectivity index (χ3n) is 0.204. The van der Waals surface area contributed by atoms with Gasteiger partial charge in [-0.1, -0.05) is 34.8 Å². The molecule has 0 rings (SSSR count). The molecule has 7 heavy (non-hydrogen) atoms. The summed E-state index contributed by atoms with van der Waals surface area (Å²) in [5.74, 6) is 2.00. The SMILES string of the molecule is [NH]C#CC(Cl)(Cl)Cl. The second-order valence-electron chi connectivity index (χ2n) is 0.748. The minimum absolute atomic E-state index is 1.58. The summed E-state index contributed by atoms with van der Waals surface area (Å²) < 4.78 is -1.58. The topological polar surface area (TPSA) is 23.8 Å². The fourth-order valence-electron chi connectivity index (χ4n) is 0.0709. The van der Waals surface area contributed by atoms with Crippen molar-refractivity contribution in [3.63, 3.8) is 0 Å². The zero-order valence-electron chi connectivity index (χ0n) is 3.13. The fourth-order valence-corrected chi connectivity index (χ4v) is 0.213. The molecule has 0 saturated carbocycles. The standard InChI is InChI=1S/C3HCl3N/c4-3(5,6)1-2-7/h7H. The van der Waals surface area contributed by atoms with Gasteiger partial charge in [0.05, 0.1) is 0 Å². The smallest absolute Gasteiger partial charge is 0.251 e. The molecular formula is C3HCl3N. The van der Waals surface area contributed by atoms with Crippen molar-refractivity contribution >= 4 is 34.8 Å². The van der Waals surface area contributed by atoms with Gasteiger partial charge in [-0.25, -0.2) is 0 Å². The highest BCUT2D eigenvalue weighted by molar-refractivity contribution is 6.69. The van der Waals surface area contributed by atoms with Gasteiger partial charge in [-0.15, -0.1) is 0 Å². The van der Waals surface area contributed by atoms with Crippen LogP contribution in [0.2, 0.25) is 0 Å². The van der Waals surface area contributed by atoms with Crippen molar-refractivity contribution in [3.05, 3.63) is 0 Å². The van der Waals surface area contributed by atoms with E-state index in [0.717, 1.165) is 0 Å². The van der Waals surface area contributed by atoms with Crippen molar-refractivity contribution in [3.8, 4) is 12.0 Å². The van der Waals surface area contributed by atoms with Crippen LogP contribution >= 0.6 is 34.8 Å². The number of rotatable bonds is 0. The first kappa shape index (κ1) is 7.23. The van der Waals surface area contributed by atoms with Gasteiger partial charge >= 0.3 is 0 Å². The highest BCUT2D eigenvalue weighted by Gasteiger charge is 2.13. The molecule has 0 aliphatic rings. The molecule has 4 heteroatoms. The zero-order valence-corrected chi connectivity index (χ0v) is 5.40. The predicted octanol–water partition coefficient (Wildman–Crippen LogP) is 1.60. The van der Waals surface area contributed by atoms with Gasteiger partial charge in [-0.3, -0.25) is 5.73 Å². The molecule has 39 valence electrons. The monoisotopic (exact) mass is 156 g/mol. The highest BCUT2D eigenvalue weighted by atomic mass is 35.6. The van der Waals surface area contributed by atoms with Crippen LogP contribution in [0.25, 0.3) is 0 Å². The van der Waals surface area contributed by atoms with Crippen LogP contribution in [0, 0.1) is 12.0 Å². The summed E-state index contributed by atoms with van der Waals surface area (Å²) in [6, 6.07) is 1.71. The first-order valence-electron chi connectivity index (χ1n) is 1.32. The Bertz CT molecular complexity index is 104. The molecule has 0 aliphatic heterocycles. The van der Waals surface area contributed by atoms with Gasteiger partial charge in [0, 0.05) is 6.04 Å². The molecule has 1 N–H and O–H groups in total. The molecule has 1 nitrogen and oxygen atoms in total. The maximum absolute atomic E-state index is 6.24. The molecule has 0 saturated heterocycles. The van der Waals surface area contributed by atoms with Crippen LogP contribution in [0.4, 0.5) is 0 Å². The molecule has 0 aromatic carbocycles. The van der Waals surface area contributed by atoms with E-state index in [1.807, 2.05) is 5.92 Å². The minimum atomic E-state index is -1.58. The lowest BCUT2D eigenvalue weighted by Crippen LogP contribution is -1.94. The third-order valence-corrected chi connectivity index (χ3v) is 0.488. The molecule has 0 aromatic heterocycles. The largest absolute Gasteiger partial charge is 0.254 e. The first-order chi connectivity index (χ1) is 3.06. The van der Waals surface area contributed by atoms with E-state index in [1.54, 1.807) is 6.04 Å². The van der Waals surface area contributed by atoms with Crippen molar-refractivity contribution in [2.45, 2.75) is 3.79 Å². The van der Waals surface area contributed by atoms with Crippen molar-refractivity contribution in [2.24, 2.45) is 0 Å². The first-order valence-corrected chi connectivity index (χ1v) is 2.45. The summed E-state index contributed by atoms with van der Waals surface area (Å²) in [5, 5.41) is 0. The molecule has 1 radical (unpaired) electrons. The van der Waals surface area contributed by atoms with Gasteiger partial charge in [0.25, 0.3) is 3.79 Å². The van der Waals surface area contributed by atoms with E-state index >= 15 is 0 Å². The van der Waals surface area contributed by atoms with Crippen LogP contribution in [0.5, 0.6) is 0 Å². The summed E-state index contributed by atoms with van der Waals surface area (Å²) in [5.41, 5.74) is 6.24. The van der Waals surface area contributed by atoms with Gasteiger partial charge < -0.3 is 0 Å². The summed E-state index contributed by atoms with van der Waals surface area (Å²) in [6.45, 7) is 0. The van der Waals surface area contributed by atoms with Crippen molar-refractivity contribution in [1.29, 1.82) is 0 Å². The number of alkyl halides is 3. The molecule has 0 amide bonds. The molecular weight excluding hydrogens is 156 g/mol. The van der Waals surface area contributed by atoms with Crippen LogP contribution in [-0.4, -0.2) is 3.79 Å². The zero-order chi connectivity index (χ0) is 5.91.